The summed E-state index contributed by atoms with van der Waals surface area (Å²) in [6.07, 6.45) is 3.73. The van der Waals surface area contributed by atoms with Crippen LogP contribution in [0.5, 0.6) is 5.75 Å². The van der Waals surface area contributed by atoms with Gasteiger partial charge in [-0.1, -0.05) is 19.1 Å². The number of ether oxygens (including phenoxy) is 2. The molecule has 0 N–H and O–H groups in total. The Balaban J connectivity index is 2.32. The summed E-state index contributed by atoms with van der Waals surface area (Å²) in [6.45, 7) is 2.00. The summed E-state index contributed by atoms with van der Waals surface area (Å²) in [5, 5.41) is 0. The van der Waals surface area contributed by atoms with Gasteiger partial charge >= 0.3 is 5.97 Å². The highest BCUT2D eigenvalue weighted by atomic mass is 16.5. The number of hydrogen-bond acceptors (Lipinski definition) is 3. The largest absolute Gasteiger partial charge is 0.497 e. The van der Waals surface area contributed by atoms with Crippen molar-refractivity contribution in [2.75, 3.05) is 14.2 Å². The second-order valence-electron chi connectivity index (χ2n) is 4.37. The van der Waals surface area contributed by atoms with Crippen molar-refractivity contribution in [3.8, 4) is 5.75 Å². The van der Waals surface area contributed by atoms with Crippen LogP contribution in [0.25, 0.3) is 5.57 Å². The Labute approximate surface area is 107 Å². The number of fused-ring (bicyclic) bond motifs is 1. The van der Waals surface area contributed by atoms with Gasteiger partial charge in [0.15, 0.2) is 0 Å². The fourth-order valence-corrected chi connectivity index (χ4v) is 2.46. The SMILES string of the molecule is CC[C@H](C(=O)OC)C1=CCc2cc(OC)ccc21. The fourth-order valence-electron chi connectivity index (χ4n) is 2.46. The van der Waals surface area contributed by atoms with Gasteiger partial charge in [0, 0.05) is 0 Å². The Hall–Kier alpha value is -1.77. The summed E-state index contributed by atoms with van der Waals surface area (Å²) in [5.74, 6) is 0.534. The Bertz CT molecular complexity index is 489. The molecule has 2 rings (SSSR count). The van der Waals surface area contributed by atoms with Crippen LogP contribution in [0, 0.1) is 5.92 Å². The van der Waals surface area contributed by atoms with Crippen molar-refractivity contribution in [3.05, 3.63) is 35.4 Å². The van der Waals surface area contributed by atoms with Crippen molar-refractivity contribution in [3.63, 3.8) is 0 Å². The van der Waals surface area contributed by atoms with Gasteiger partial charge in [0.2, 0.25) is 0 Å². The highest BCUT2D eigenvalue weighted by molar-refractivity contribution is 5.90. The van der Waals surface area contributed by atoms with Crippen molar-refractivity contribution in [2.24, 2.45) is 5.92 Å². The second kappa shape index (κ2) is 5.25. The third-order valence-electron chi connectivity index (χ3n) is 3.43. The van der Waals surface area contributed by atoms with E-state index in [1.54, 1.807) is 7.11 Å². The maximum Gasteiger partial charge on any atom is 0.313 e. The Morgan fingerprint density at radius 3 is 2.78 bits per heavy atom. The van der Waals surface area contributed by atoms with Crippen molar-refractivity contribution < 1.29 is 14.3 Å². The van der Waals surface area contributed by atoms with Crippen LogP contribution in [0.4, 0.5) is 0 Å². The molecule has 0 aromatic heterocycles. The Morgan fingerprint density at radius 2 is 2.17 bits per heavy atom. The first-order chi connectivity index (χ1) is 8.71. The molecular weight excluding hydrogens is 228 g/mol. The first-order valence-electron chi connectivity index (χ1n) is 6.16. The van der Waals surface area contributed by atoms with Gasteiger partial charge in [-0.25, -0.2) is 0 Å². The maximum absolute atomic E-state index is 11.8. The number of hydrogen-bond donors (Lipinski definition) is 0. The number of allylic oxidation sites excluding steroid dienone is 1. The zero-order chi connectivity index (χ0) is 13.1. The number of rotatable bonds is 4. The molecule has 18 heavy (non-hydrogen) atoms. The van der Waals surface area contributed by atoms with E-state index in [-0.39, 0.29) is 11.9 Å². The normalized spacial score (nSPS) is 14.7. The first kappa shape index (κ1) is 12.7. The second-order valence-corrected chi connectivity index (χ2v) is 4.37. The predicted octanol–water partition coefficient (Wildman–Crippen LogP) is 2.83. The third kappa shape index (κ3) is 2.13. The molecule has 1 aliphatic carbocycles. The average Bonchev–Trinajstić information content (AvgIpc) is 2.82. The smallest absolute Gasteiger partial charge is 0.313 e. The molecular formula is C15H18O3. The molecule has 1 aromatic carbocycles. The summed E-state index contributed by atoms with van der Waals surface area (Å²) in [4.78, 5) is 11.8. The van der Waals surface area contributed by atoms with E-state index in [9.17, 15) is 4.79 Å². The van der Waals surface area contributed by atoms with Crippen molar-refractivity contribution in [1.82, 2.24) is 0 Å². The summed E-state index contributed by atoms with van der Waals surface area (Å²) in [5.41, 5.74) is 3.45. The van der Waals surface area contributed by atoms with Crippen LogP contribution in [0.2, 0.25) is 0 Å². The molecule has 3 nitrogen and oxygen atoms in total. The minimum Gasteiger partial charge on any atom is -0.497 e. The lowest BCUT2D eigenvalue weighted by Gasteiger charge is -2.15. The van der Waals surface area contributed by atoms with Crippen LogP contribution in [-0.4, -0.2) is 20.2 Å². The number of esters is 1. The molecule has 0 spiro atoms. The molecule has 0 amide bonds. The molecule has 1 aromatic rings. The van der Waals surface area contributed by atoms with Gasteiger partial charge in [-0.2, -0.15) is 0 Å². The lowest BCUT2D eigenvalue weighted by molar-refractivity contribution is -0.143. The van der Waals surface area contributed by atoms with Crippen molar-refractivity contribution in [2.45, 2.75) is 19.8 Å². The van der Waals surface area contributed by atoms with Gasteiger partial charge in [0.05, 0.1) is 20.1 Å². The monoisotopic (exact) mass is 246 g/mol. The average molecular weight is 246 g/mol. The summed E-state index contributed by atoms with van der Waals surface area (Å²) < 4.78 is 10.1. The van der Waals surface area contributed by atoms with Crippen LogP contribution in [0.15, 0.2) is 24.3 Å². The molecule has 0 fully saturated rings. The van der Waals surface area contributed by atoms with Crippen LogP contribution >= 0.6 is 0 Å². The van der Waals surface area contributed by atoms with E-state index in [2.05, 4.69) is 6.08 Å². The minimum atomic E-state index is -0.162. The lowest BCUT2D eigenvalue weighted by atomic mass is 9.92. The number of carbonyl (C=O) groups excluding carboxylic acids is 1. The van der Waals surface area contributed by atoms with E-state index in [1.165, 1.54) is 12.7 Å². The van der Waals surface area contributed by atoms with Gasteiger partial charge in [-0.15, -0.1) is 0 Å². The molecule has 0 bridgehead atoms. The van der Waals surface area contributed by atoms with Crippen LogP contribution in [0.3, 0.4) is 0 Å². The molecule has 1 atom stereocenters. The van der Waals surface area contributed by atoms with E-state index < -0.39 is 0 Å². The molecule has 0 radical (unpaired) electrons. The van der Waals surface area contributed by atoms with Crippen molar-refractivity contribution in [1.29, 1.82) is 0 Å². The van der Waals surface area contributed by atoms with E-state index in [4.69, 9.17) is 9.47 Å². The molecule has 1 aliphatic rings. The quantitative estimate of drug-likeness (QED) is 0.766. The van der Waals surface area contributed by atoms with Crippen LogP contribution in [0.1, 0.15) is 24.5 Å². The van der Waals surface area contributed by atoms with Crippen molar-refractivity contribution >= 4 is 11.5 Å². The topological polar surface area (TPSA) is 35.5 Å². The highest BCUT2D eigenvalue weighted by Gasteiger charge is 2.27. The Kier molecular flexibility index (Phi) is 3.70. The summed E-state index contributed by atoms with van der Waals surface area (Å²) in [6, 6.07) is 5.99. The van der Waals surface area contributed by atoms with E-state index >= 15 is 0 Å². The third-order valence-corrected chi connectivity index (χ3v) is 3.43. The lowest BCUT2D eigenvalue weighted by Crippen LogP contribution is -2.16. The maximum atomic E-state index is 11.8. The number of benzene rings is 1. The molecule has 96 valence electrons. The van der Waals surface area contributed by atoms with Gasteiger partial charge in [-0.3, -0.25) is 4.79 Å². The van der Waals surface area contributed by atoms with Crippen LogP contribution < -0.4 is 4.74 Å². The zero-order valence-electron chi connectivity index (χ0n) is 11.0. The fraction of sp³-hybridized carbons (Fsp3) is 0.400. The van der Waals surface area contributed by atoms with Gasteiger partial charge in [0.25, 0.3) is 0 Å². The Morgan fingerprint density at radius 1 is 1.39 bits per heavy atom. The number of methoxy groups -OCH3 is 2. The molecule has 0 aliphatic heterocycles. The summed E-state index contributed by atoms with van der Waals surface area (Å²) >= 11 is 0. The minimum absolute atomic E-state index is 0.160. The van der Waals surface area contributed by atoms with Crippen LogP contribution in [-0.2, 0) is 16.0 Å². The predicted molar refractivity (Wildman–Crippen MR) is 70.5 cm³/mol. The summed E-state index contributed by atoms with van der Waals surface area (Å²) in [7, 11) is 3.10. The highest BCUT2D eigenvalue weighted by Crippen LogP contribution is 2.36. The van der Waals surface area contributed by atoms with Gasteiger partial charge < -0.3 is 9.47 Å². The number of carbonyl (C=O) groups is 1. The molecule has 0 saturated heterocycles. The molecule has 0 saturated carbocycles. The van der Waals surface area contributed by atoms with E-state index in [0.29, 0.717) is 0 Å². The molecule has 0 unspecified atom stereocenters. The molecule has 0 heterocycles. The zero-order valence-corrected chi connectivity index (χ0v) is 11.0. The van der Waals surface area contributed by atoms with E-state index in [1.807, 2.05) is 25.1 Å². The molecule has 3 heteroatoms. The standard InChI is InChI=1S/C15H18O3/c1-4-12(15(16)18-3)14-7-5-10-9-11(17-2)6-8-13(10)14/h6-9,12H,4-5H2,1-3H3/t12-/m0/s1. The van der Waals surface area contributed by atoms with Gasteiger partial charge in [-0.05, 0) is 41.7 Å². The van der Waals surface area contributed by atoms with E-state index in [0.717, 1.165) is 29.7 Å². The first-order valence-corrected chi connectivity index (χ1v) is 6.16. The van der Waals surface area contributed by atoms with Gasteiger partial charge in [0.1, 0.15) is 5.75 Å².